The molecule has 104 valence electrons. The maximum atomic E-state index is 2.24. The van der Waals surface area contributed by atoms with Gasteiger partial charge in [-0.3, -0.25) is 0 Å². The second-order valence-electron chi connectivity index (χ2n) is 5.44. The third-order valence-electron chi connectivity index (χ3n) is 4.08. The lowest BCUT2D eigenvalue weighted by Crippen LogP contribution is -1.87. The molecule has 0 aliphatic carbocycles. The first kappa shape index (κ1) is 12.8. The topological polar surface area (TPSA) is 0 Å². The Hall–Kier alpha value is -2.86. The molecule has 0 N–H and O–H groups in total. The lowest BCUT2D eigenvalue weighted by Gasteiger charge is -2.14. The number of benzene rings is 4. The fraction of sp³-hybridized carbons (Fsp3) is 0. The van der Waals surface area contributed by atoms with E-state index in [1.807, 2.05) is 0 Å². The van der Waals surface area contributed by atoms with E-state index in [2.05, 4.69) is 97.1 Å². The average Bonchev–Trinajstić information content (AvgIpc) is 2.62. The second kappa shape index (κ2) is 5.50. The molecule has 4 rings (SSSR count). The van der Waals surface area contributed by atoms with Gasteiger partial charge in [-0.15, -0.1) is 0 Å². The predicted molar refractivity (Wildman–Crippen MR) is 94.8 cm³/mol. The minimum atomic E-state index is 1.26. The molecule has 4 aromatic rings. The van der Waals surface area contributed by atoms with Crippen LogP contribution in [0.3, 0.4) is 0 Å². The molecule has 0 radical (unpaired) electrons. The molecular formula is C22H16. The van der Waals surface area contributed by atoms with E-state index in [4.69, 9.17) is 0 Å². The lowest BCUT2D eigenvalue weighted by molar-refractivity contribution is 1.61. The Labute approximate surface area is 130 Å². The van der Waals surface area contributed by atoms with Gasteiger partial charge in [-0.25, -0.2) is 0 Å². The van der Waals surface area contributed by atoms with Crippen molar-refractivity contribution in [3.05, 3.63) is 97.1 Å². The quantitative estimate of drug-likeness (QED) is 0.411. The van der Waals surface area contributed by atoms with Gasteiger partial charge in [0.2, 0.25) is 0 Å². The third-order valence-corrected chi connectivity index (χ3v) is 4.08. The first-order valence-corrected chi connectivity index (χ1v) is 7.56. The molecule has 0 aromatic heterocycles. The summed E-state index contributed by atoms with van der Waals surface area (Å²) in [6.07, 6.45) is 0. The molecular weight excluding hydrogens is 264 g/mol. The summed E-state index contributed by atoms with van der Waals surface area (Å²) >= 11 is 0. The van der Waals surface area contributed by atoms with Crippen LogP contribution in [0, 0.1) is 0 Å². The molecule has 0 heteroatoms. The van der Waals surface area contributed by atoms with Crippen LogP contribution < -0.4 is 0 Å². The summed E-state index contributed by atoms with van der Waals surface area (Å²) in [5.74, 6) is 0. The normalized spacial score (nSPS) is 10.7. The van der Waals surface area contributed by atoms with Crippen LogP contribution in [0.2, 0.25) is 0 Å². The van der Waals surface area contributed by atoms with Crippen molar-refractivity contribution in [2.24, 2.45) is 0 Å². The highest BCUT2D eigenvalue weighted by atomic mass is 14.1. The van der Waals surface area contributed by atoms with E-state index in [9.17, 15) is 0 Å². The number of hydrogen-bond acceptors (Lipinski definition) is 0. The van der Waals surface area contributed by atoms with Gasteiger partial charge >= 0.3 is 0 Å². The van der Waals surface area contributed by atoms with Gasteiger partial charge in [0.1, 0.15) is 0 Å². The maximum absolute atomic E-state index is 2.24. The van der Waals surface area contributed by atoms with Gasteiger partial charge in [-0.1, -0.05) is 97.1 Å². The van der Waals surface area contributed by atoms with Crippen molar-refractivity contribution >= 4 is 10.8 Å². The molecule has 0 amide bonds. The molecule has 0 spiro atoms. The fourth-order valence-corrected chi connectivity index (χ4v) is 3.05. The van der Waals surface area contributed by atoms with Crippen molar-refractivity contribution < 1.29 is 0 Å². The van der Waals surface area contributed by atoms with Gasteiger partial charge in [0.05, 0.1) is 0 Å². The van der Waals surface area contributed by atoms with Crippen LogP contribution in [0.1, 0.15) is 0 Å². The zero-order valence-electron chi connectivity index (χ0n) is 12.2. The minimum Gasteiger partial charge on any atom is -0.0622 e. The maximum Gasteiger partial charge on any atom is -0.00268 e. The van der Waals surface area contributed by atoms with E-state index >= 15 is 0 Å². The molecule has 22 heavy (non-hydrogen) atoms. The largest absolute Gasteiger partial charge is 0.0622 e. The summed E-state index contributed by atoms with van der Waals surface area (Å²) in [4.78, 5) is 0. The van der Waals surface area contributed by atoms with Crippen molar-refractivity contribution in [1.82, 2.24) is 0 Å². The molecule has 0 heterocycles. The van der Waals surface area contributed by atoms with E-state index < -0.39 is 0 Å². The van der Waals surface area contributed by atoms with Crippen molar-refractivity contribution in [3.63, 3.8) is 0 Å². The zero-order valence-corrected chi connectivity index (χ0v) is 12.2. The molecule has 0 nitrogen and oxygen atoms in total. The van der Waals surface area contributed by atoms with Gasteiger partial charge in [0.15, 0.2) is 0 Å². The molecule has 0 aliphatic heterocycles. The Kier molecular flexibility index (Phi) is 3.21. The number of hydrogen-bond donors (Lipinski definition) is 0. The summed E-state index contributed by atoms with van der Waals surface area (Å²) in [6, 6.07) is 34.3. The van der Waals surface area contributed by atoms with Gasteiger partial charge in [-0.2, -0.15) is 0 Å². The minimum absolute atomic E-state index is 1.26. The van der Waals surface area contributed by atoms with Crippen LogP contribution in [0.5, 0.6) is 0 Å². The van der Waals surface area contributed by atoms with E-state index in [1.165, 1.54) is 33.0 Å². The van der Waals surface area contributed by atoms with Crippen LogP contribution in [-0.4, -0.2) is 0 Å². The highest BCUT2D eigenvalue weighted by Gasteiger charge is 2.10. The molecule has 0 saturated heterocycles. The smallest absolute Gasteiger partial charge is 0.00268 e. The zero-order chi connectivity index (χ0) is 14.8. The highest BCUT2D eigenvalue weighted by molar-refractivity contribution is 6.04. The molecule has 0 bridgehead atoms. The van der Waals surface area contributed by atoms with E-state index in [0.717, 1.165) is 0 Å². The summed E-state index contributed by atoms with van der Waals surface area (Å²) in [5, 5.41) is 2.58. The Morgan fingerprint density at radius 3 is 1.73 bits per heavy atom. The molecule has 0 saturated carbocycles. The predicted octanol–water partition coefficient (Wildman–Crippen LogP) is 6.17. The molecule has 0 aliphatic rings. The third kappa shape index (κ3) is 2.19. The van der Waals surface area contributed by atoms with E-state index in [0.29, 0.717) is 0 Å². The average molecular weight is 280 g/mol. The summed E-state index contributed by atoms with van der Waals surface area (Å²) in [5.41, 5.74) is 5.11. The van der Waals surface area contributed by atoms with Crippen LogP contribution >= 0.6 is 0 Å². The Balaban J connectivity index is 2.09. The van der Waals surface area contributed by atoms with Gasteiger partial charge in [0, 0.05) is 0 Å². The standard InChI is InChI=1S/C22H16/c1-3-9-17(10-4-1)21-16-15-18-11-7-8-14-20(18)22(21)19-12-5-2-6-13-19/h1-16H. The molecule has 0 fully saturated rings. The van der Waals surface area contributed by atoms with Crippen molar-refractivity contribution in [2.75, 3.05) is 0 Å². The van der Waals surface area contributed by atoms with Crippen LogP contribution in [0.25, 0.3) is 33.0 Å². The highest BCUT2D eigenvalue weighted by Crippen LogP contribution is 2.37. The van der Waals surface area contributed by atoms with Gasteiger partial charge in [0.25, 0.3) is 0 Å². The van der Waals surface area contributed by atoms with Crippen molar-refractivity contribution in [2.45, 2.75) is 0 Å². The Bertz CT molecular complexity index is 906. The van der Waals surface area contributed by atoms with E-state index in [1.54, 1.807) is 0 Å². The monoisotopic (exact) mass is 280 g/mol. The van der Waals surface area contributed by atoms with E-state index in [-0.39, 0.29) is 0 Å². The Morgan fingerprint density at radius 2 is 1.00 bits per heavy atom. The van der Waals surface area contributed by atoms with Crippen LogP contribution in [0.4, 0.5) is 0 Å². The van der Waals surface area contributed by atoms with Crippen LogP contribution in [0.15, 0.2) is 97.1 Å². The number of rotatable bonds is 2. The van der Waals surface area contributed by atoms with Crippen molar-refractivity contribution in [3.8, 4) is 22.3 Å². The fourth-order valence-electron chi connectivity index (χ4n) is 3.05. The number of fused-ring (bicyclic) bond motifs is 1. The Morgan fingerprint density at radius 1 is 0.409 bits per heavy atom. The first-order valence-electron chi connectivity index (χ1n) is 7.56. The van der Waals surface area contributed by atoms with Crippen LogP contribution in [-0.2, 0) is 0 Å². The first-order chi connectivity index (χ1) is 10.9. The molecule has 4 aromatic carbocycles. The van der Waals surface area contributed by atoms with Gasteiger partial charge in [-0.05, 0) is 33.0 Å². The van der Waals surface area contributed by atoms with Gasteiger partial charge < -0.3 is 0 Å². The summed E-state index contributed by atoms with van der Waals surface area (Å²) in [6.45, 7) is 0. The summed E-state index contributed by atoms with van der Waals surface area (Å²) in [7, 11) is 0. The lowest BCUT2D eigenvalue weighted by atomic mass is 9.90. The molecule has 0 atom stereocenters. The second-order valence-corrected chi connectivity index (χ2v) is 5.44. The SMILES string of the molecule is c1ccc(-c2ccc3ccccc3c2-c2ccccc2)cc1. The summed E-state index contributed by atoms with van der Waals surface area (Å²) < 4.78 is 0. The van der Waals surface area contributed by atoms with Crippen molar-refractivity contribution in [1.29, 1.82) is 0 Å². The molecule has 0 unspecified atom stereocenters.